The summed E-state index contributed by atoms with van der Waals surface area (Å²) in [5.74, 6) is 0.862. The number of aliphatic imine (C=N–C) groups is 1. The normalized spacial score (nSPS) is 13.2. The van der Waals surface area contributed by atoms with Crippen LogP contribution in [0.1, 0.15) is 45.2 Å². The van der Waals surface area contributed by atoms with E-state index in [-0.39, 0.29) is 41.9 Å². The Hall–Kier alpha value is -0.870. The van der Waals surface area contributed by atoms with Crippen LogP contribution in [0.4, 0.5) is 0 Å². The molecular weight excluding hydrogens is 477 g/mol. The van der Waals surface area contributed by atoms with Gasteiger partial charge in [-0.3, -0.25) is 0 Å². The topological polar surface area (TPSA) is 79.8 Å². The number of nitrogens with zero attached hydrogens (tertiary/aromatic N) is 1. The van der Waals surface area contributed by atoms with E-state index in [0.717, 1.165) is 17.7 Å². The molecule has 0 heterocycles. The minimum atomic E-state index is -2.95. The van der Waals surface area contributed by atoms with Crippen LogP contribution in [0.25, 0.3) is 0 Å². The van der Waals surface area contributed by atoms with Crippen molar-refractivity contribution in [2.45, 2.75) is 59.4 Å². The molecule has 1 aromatic carbocycles. The molecule has 0 amide bonds. The van der Waals surface area contributed by atoms with Crippen molar-refractivity contribution in [3.05, 3.63) is 35.4 Å². The van der Waals surface area contributed by atoms with Crippen LogP contribution >= 0.6 is 24.0 Å². The van der Waals surface area contributed by atoms with E-state index in [1.54, 1.807) is 0 Å². The molecule has 0 fully saturated rings. The van der Waals surface area contributed by atoms with Gasteiger partial charge in [-0.05, 0) is 45.2 Å². The second-order valence-corrected chi connectivity index (χ2v) is 9.10. The van der Waals surface area contributed by atoms with Gasteiger partial charge in [-0.1, -0.05) is 24.3 Å². The molecule has 2 N–H and O–H groups in total. The van der Waals surface area contributed by atoms with Crippen LogP contribution in [0.3, 0.4) is 0 Å². The van der Waals surface area contributed by atoms with Crippen LogP contribution in [-0.4, -0.2) is 45.1 Å². The average molecular weight is 511 g/mol. The molecule has 0 aliphatic rings. The minimum absolute atomic E-state index is 0. The van der Waals surface area contributed by atoms with E-state index < -0.39 is 9.84 Å². The van der Waals surface area contributed by atoms with E-state index in [4.69, 9.17) is 4.74 Å². The highest BCUT2D eigenvalue weighted by molar-refractivity contribution is 14.0. The average Bonchev–Trinajstić information content (AvgIpc) is 2.56. The molecule has 0 aliphatic carbocycles. The summed E-state index contributed by atoms with van der Waals surface area (Å²) < 4.78 is 28.2. The lowest BCUT2D eigenvalue weighted by Gasteiger charge is -2.17. The maximum Gasteiger partial charge on any atom is 0.191 e. The quantitative estimate of drug-likeness (QED) is 0.287. The minimum Gasteiger partial charge on any atom is -0.374 e. The Labute approximate surface area is 181 Å². The summed E-state index contributed by atoms with van der Waals surface area (Å²) >= 11 is 0. The lowest BCUT2D eigenvalue weighted by atomic mass is 10.1. The largest absolute Gasteiger partial charge is 0.374 e. The standard InChI is InChI=1S/C19H33N3O3S.HI/c1-6-20-19(22-16(4)11-12-26(5,23)24)21-13-17-7-9-18(10-8-17)14-25-15(2)3;/h7-10,15-16H,6,11-14H2,1-5H3,(H2,20,21,22);1H. The molecule has 6 nitrogen and oxygen atoms in total. The Kier molecular flexibility index (Phi) is 12.9. The van der Waals surface area contributed by atoms with Gasteiger partial charge in [-0.2, -0.15) is 0 Å². The predicted molar refractivity (Wildman–Crippen MR) is 124 cm³/mol. The van der Waals surface area contributed by atoms with Gasteiger partial charge in [0.15, 0.2) is 5.96 Å². The van der Waals surface area contributed by atoms with Crippen molar-refractivity contribution < 1.29 is 13.2 Å². The molecule has 0 saturated carbocycles. The highest BCUT2D eigenvalue weighted by atomic mass is 127. The van der Waals surface area contributed by atoms with Crippen LogP contribution in [-0.2, 0) is 27.7 Å². The van der Waals surface area contributed by atoms with Crippen molar-refractivity contribution in [2.24, 2.45) is 4.99 Å². The first-order valence-corrected chi connectivity index (χ1v) is 11.2. The maximum atomic E-state index is 11.3. The summed E-state index contributed by atoms with van der Waals surface area (Å²) in [7, 11) is -2.95. The fourth-order valence-corrected chi connectivity index (χ4v) is 2.97. The molecule has 0 aliphatic heterocycles. The zero-order valence-corrected chi connectivity index (χ0v) is 20.1. The SMILES string of the molecule is CCNC(=NCc1ccc(COC(C)C)cc1)NC(C)CCS(C)(=O)=O.I. The number of halogens is 1. The zero-order chi connectivity index (χ0) is 19.6. The molecule has 0 radical (unpaired) electrons. The third-order valence-electron chi connectivity index (χ3n) is 3.68. The number of guanidine groups is 1. The number of nitrogens with one attached hydrogen (secondary N) is 2. The van der Waals surface area contributed by atoms with E-state index in [1.165, 1.54) is 6.26 Å². The first-order chi connectivity index (χ1) is 12.2. The molecule has 1 rings (SSSR count). The Bertz CT molecular complexity index is 661. The van der Waals surface area contributed by atoms with Crippen LogP contribution in [0.2, 0.25) is 0 Å². The molecule has 1 unspecified atom stereocenters. The molecule has 1 aromatic rings. The van der Waals surface area contributed by atoms with Crippen molar-refractivity contribution in [3.63, 3.8) is 0 Å². The van der Waals surface area contributed by atoms with Crippen molar-refractivity contribution in [3.8, 4) is 0 Å². The van der Waals surface area contributed by atoms with Gasteiger partial charge < -0.3 is 15.4 Å². The number of sulfone groups is 1. The number of rotatable bonds is 10. The molecular formula is C19H34IN3O3S. The Balaban J connectivity index is 0.00000676. The summed E-state index contributed by atoms with van der Waals surface area (Å²) in [6.45, 7) is 9.92. The lowest BCUT2D eigenvalue weighted by Crippen LogP contribution is -2.42. The van der Waals surface area contributed by atoms with Crippen molar-refractivity contribution in [2.75, 3.05) is 18.6 Å². The van der Waals surface area contributed by atoms with Gasteiger partial charge in [0.05, 0.1) is 25.0 Å². The molecule has 0 aromatic heterocycles. The van der Waals surface area contributed by atoms with Crippen LogP contribution in [0.15, 0.2) is 29.3 Å². The summed E-state index contributed by atoms with van der Waals surface area (Å²) in [5, 5.41) is 6.45. The van der Waals surface area contributed by atoms with E-state index in [2.05, 4.69) is 39.9 Å². The Morgan fingerprint density at radius 1 is 1.15 bits per heavy atom. The molecule has 8 heteroatoms. The Morgan fingerprint density at radius 2 is 1.74 bits per heavy atom. The van der Waals surface area contributed by atoms with E-state index in [1.807, 2.05) is 27.7 Å². The van der Waals surface area contributed by atoms with Gasteiger partial charge in [-0.15, -0.1) is 24.0 Å². The summed E-state index contributed by atoms with van der Waals surface area (Å²) in [6.07, 6.45) is 2.03. The van der Waals surface area contributed by atoms with E-state index in [9.17, 15) is 8.42 Å². The molecule has 1 atom stereocenters. The number of hydrogen-bond acceptors (Lipinski definition) is 4. The monoisotopic (exact) mass is 511 g/mol. The van der Waals surface area contributed by atoms with Gasteiger partial charge in [-0.25, -0.2) is 13.4 Å². The van der Waals surface area contributed by atoms with Crippen molar-refractivity contribution in [1.82, 2.24) is 10.6 Å². The van der Waals surface area contributed by atoms with Crippen LogP contribution in [0.5, 0.6) is 0 Å². The predicted octanol–water partition coefficient (Wildman–Crippen LogP) is 3.11. The fourth-order valence-electron chi connectivity index (χ4n) is 2.19. The van der Waals surface area contributed by atoms with Crippen LogP contribution < -0.4 is 10.6 Å². The van der Waals surface area contributed by atoms with Gasteiger partial charge >= 0.3 is 0 Å². The lowest BCUT2D eigenvalue weighted by molar-refractivity contribution is 0.0657. The third kappa shape index (κ3) is 13.0. The maximum absolute atomic E-state index is 11.3. The number of benzene rings is 1. The number of ether oxygens (including phenoxy) is 1. The third-order valence-corrected chi connectivity index (χ3v) is 4.65. The summed E-state index contributed by atoms with van der Waals surface area (Å²) in [5.41, 5.74) is 2.25. The van der Waals surface area contributed by atoms with Gasteiger partial charge in [0.25, 0.3) is 0 Å². The van der Waals surface area contributed by atoms with Gasteiger partial charge in [0.1, 0.15) is 9.84 Å². The second kappa shape index (κ2) is 13.3. The molecule has 0 spiro atoms. The summed E-state index contributed by atoms with van der Waals surface area (Å²) in [6, 6.07) is 8.25. The fraction of sp³-hybridized carbons (Fsp3) is 0.632. The highest BCUT2D eigenvalue weighted by Crippen LogP contribution is 2.08. The first kappa shape index (κ1) is 26.1. The molecule has 0 saturated heterocycles. The highest BCUT2D eigenvalue weighted by Gasteiger charge is 2.09. The zero-order valence-electron chi connectivity index (χ0n) is 17.0. The van der Waals surface area contributed by atoms with E-state index >= 15 is 0 Å². The molecule has 156 valence electrons. The smallest absolute Gasteiger partial charge is 0.191 e. The number of hydrogen-bond donors (Lipinski definition) is 2. The van der Waals surface area contributed by atoms with Gasteiger partial charge in [0, 0.05) is 18.8 Å². The second-order valence-electron chi connectivity index (χ2n) is 6.84. The Morgan fingerprint density at radius 3 is 2.26 bits per heavy atom. The van der Waals surface area contributed by atoms with Crippen LogP contribution in [0, 0.1) is 0 Å². The summed E-state index contributed by atoms with van der Waals surface area (Å²) in [4.78, 5) is 4.59. The van der Waals surface area contributed by atoms with Gasteiger partial charge in [0.2, 0.25) is 0 Å². The first-order valence-electron chi connectivity index (χ1n) is 9.11. The molecule has 0 bridgehead atoms. The van der Waals surface area contributed by atoms with Crippen molar-refractivity contribution in [1.29, 1.82) is 0 Å². The van der Waals surface area contributed by atoms with E-state index in [0.29, 0.717) is 25.5 Å². The van der Waals surface area contributed by atoms with Crippen molar-refractivity contribution >= 4 is 39.8 Å². The molecule has 27 heavy (non-hydrogen) atoms.